The molecule has 22 heavy (non-hydrogen) atoms. The van der Waals surface area contributed by atoms with Crippen LogP contribution in [-0.2, 0) is 11.3 Å². The van der Waals surface area contributed by atoms with Crippen LogP contribution < -0.4 is 5.32 Å². The number of nitrogens with one attached hydrogen (secondary N) is 1. The topological polar surface area (TPSA) is 73.2 Å². The number of halogens is 2. The third-order valence-corrected chi connectivity index (χ3v) is 4.44. The molecule has 0 aliphatic heterocycles. The van der Waals surface area contributed by atoms with Gasteiger partial charge in [0.15, 0.2) is 6.29 Å². The normalized spacial score (nSPS) is 14.3. The van der Waals surface area contributed by atoms with Gasteiger partial charge in [-0.3, -0.25) is 9.48 Å². The summed E-state index contributed by atoms with van der Waals surface area (Å²) in [7, 11) is 0. The minimum absolute atomic E-state index is 0.0549. The van der Waals surface area contributed by atoms with Gasteiger partial charge in [0.1, 0.15) is 20.9 Å². The quantitative estimate of drug-likeness (QED) is 0.773. The van der Waals surface area contributed by atoms with E-state index < -0.39 is 11.7 Å². The predicted octanol–water partition coefficient (Wildman–Crippen LogP) is 3.66. The Bertz CT molecular complexity index is 554. The first-order chi connectivity index (χ1) is 10.0. The number of aromatic nitrogens is 2. The van der Waals surface area contributed by atoms with Crippen LogP contribution in [0.15, 0.2) is 4.60 Å². The van der Waals surface area contributed by atoms with Gasteiger partial charge < -0.3 is 10.1 Å². The van der Waals surface area contributed by atoms with Crippen LogP contribution >= 0.6 is 27.5 Å². The van der Waals surface area contributed by atoms with E-state index in [0.717, 1.165) is 0 Å². The molecule has 1 aromatic rings. The van der Waals surface area contributed by atoms with E-state index in [4.69, 9.17) is 16.3 Å². The van der Waals surface area contributed by atoms with Gasteiger partial charge in [0.2, 0.25) is 0 Å². The predicted molar refractivity (Wildman–Crippen MR) is 88.3 cm³/mol. The molecule has 1 unspecified atom stereocenters. The number of nitrogens with zero attached hydrogens (tertiary/aromatic N) is 2. The second kappa shape index (κ2) is 7.46. The average molecular weight is 395 g/mol. The first kappa shape index (κ1) is 19.0. The van der Waals surface area contributed by atoms with Crippen LogP contribution in [0.25, 0.3) is 0 Å². The highest BCUT2D eigenvalue weighted by atomic mass is 79.9. The molecule has 0 radical (unpaired) electrons. The molecule has 8 heteroatoms. The lowest BCUT2D eigenvalue weighted by molar-refractivity contribution is 0.0490. The molecule has 1 amide bonds. The zero-order chi connectivity index (χ0) is 17.1. The van der Waals surface area contributed by atoms with Crippen molar-refractivity contribution in [1.82, 2.24) is 15.1 Å². The highest BCUT2D eigenvalue weighted by Gasteiger charge is 2.22. The maximum atomic E-state index is 11.8. The Morgan fingerprint density at radius 2 is 2.09 bits per heavy atom. The van der Waals surface area contributed by atoms with Gasteiger partial charge in [0, 0.05) is 12.6 Å². The summed E-state index contributed by atoms with van der Waals surface area (Å²) in [5, 5.41) is 7.19. The van der Waals surface area contributed by atoms with Gasteiger partial charge in [-0.1, -0.05) is 18.5 Å². The molecule has 0 bridgehead atoms. The van der Waals surface area contributed by atoms with Crippen LogP contribution in [0.3, 0.4) is 0 Å². The largest absolute Gasteiger partial charge is 0.444 e. The Morgan fingerprint density at radius 3 is 2.55 bits per heavy atom. The van der Waals surface area contributed by atoms with Crippen LogP contribution in [0.2, 0.25) is 5.02 Å². The minimum atomic E-state index is -0.537. The van der Waals surface area contributed by atoms with Gasteiger partial charge in [-0.15, -0.1) is 0 Å². The summed E-state index contributed by atoms with van der Waals surface area (Å²) in [4.78, 5) is 22.6. The number of carbonyl (C=O) groups is 2. The Kier molecular flexibility index (Phi) is 6.43. The fourth-order valence-corrected chi connectivity index (χ4v) is 2.31. The Hall–Kier alpha value is -1.08. The van der Waals surface area contributed by atoms with Crippen LogP contribution in [0.5, 0.6) is 0 Å². The lowest BCUT2D eigenvalue weighted by Gasteiger charge is -2.25. The summed E-state index contributed by atoms with van der Waals surface area (Å²) in [5.41, 5.74) is -0.349. The number of rotatable bonds is 5. The highest BCUT2D eigenvalue weighted by Crippen LogP contribution is 2.26. The molecule has 0 spiro atoms. The fraction of sp³-hybridized carbons (Fsp3) is 0.643. The molecule has 0 aromatic carbocycles. The lowest BCUT2D eigenvalue weighted by atomic mass is 10.0. The molecule has 1 rings (SSSR count). The number of aldehydes is 1. The fourth-order valence-electron chi connectivity index (χ4n) is 1.70. The van der Waals surface area contributed by atoms with Gasteiger partial charge in [0.25, 0.3) is 0 Å². The van der Waals surface area contributed by atoms with Crippen molar-refractivity contribution in [3.05, 3.63) is 15.3 Å². The molecule has 0 saturated heterocycles. The number of alkyl carbamates (subject to hydrolysis) is 1. The SMILES string of the molecule is CC(Cn1nc(C=O)c(Cl)c1Br)[C@@H](C)NC(=O)OC(C)(C)C. The molecule has 0 saturated carbocycles. The molecule has 6 nitrogen and oxygen atoms in total. The van der Waals surface area contributed by atoms with Crippen molar-refractivity contribution in [1.29, 1.82) is 0 Å². The van der Waals surface area contributed by atoms with E-state index in [1.807, 2.05) is 34.6 Å². The Morgan fingerprint density at radius 1 is 1.50 bits per heavy atom. The summed E-state index contributed by atoms with van der Waals surface area (Å²) in [6.07, 6.45) is 0.148. The van der Waals surface area contributed by atoms with Gasteiger partial charge >= 0.3 is 6.09 Å². The van der Waals surface area contributed by atoms with Crippen molar-refractivity contribution in [2.45, 2.75) is 52.8 Å². The molecular formula is C14H21BrClN3O3. The maximum absolute atomic E-state index is 11.8. The van der Waals surface area contributed by atoms with E-state index in [1.54, 1.807) is 4.68 Å². The zero-order valence-corrected chi connectivity index (χ0v) is 15.7. The molecule has 124 valence electrons. The lowest BCUT2D eigenvalue weighted by Crippen LogP contribution is -2.41. The van der Waals surface area contributed by atoms with E-state index in [-0.39, 0.29) is 22.7 Å². The summed E-state index contributed by atoms with van der Waals surface area (Å²) in [5.74, 6) is 0.0549. The van der Waals surface area contributed by atoms with Crippen molar-refractivity contribution in [2.24, 2.45) is 5.92 Å². The van der Waals surface area contributed by atoms with Gasteiger partial charge in [-0.2, -0.15) is 5.10 Å². The number of hydrogen-bond acceptors (Lipinski definition) is 4. The second-order valence-corrected chi connectivity index (χ2v) is 7.33. The van der Waals surface area contributed by atoms with Gasteiger partial charge in [0.05, 0.1) is 0 Å². The summed E-state index contributed by atoms with van der Waals surface area (Å²) in [6, 6.07) is -0.135. The second-order valence-electron chi connectivity index (χ2n) is 6.20. The van der Waals surface area contributed by atoms with E-state index in [2.05, 4.69) is 26.3 Å². The first-order valence-electron chi connectivity index (χ1n) is 6.91. The van der Waals surface area contributed by atoms with E-state index in [9.17, 15) is 9.59 Å². The molecule has 1 aromatic heterocycles. The Labute approximate surface area is 143 Å². The van der Waals surface area contributed by atoms with Crippen molar-refractivity contribution < 1.29 is 14.3 Å². The number of ether oxygens (including phenoxy) is 1. The maximum Gasteiger partial charge on any atom is 0.407 e. The molecule has 1 N–H and O–H groups in total. The summed E-state index contributed by atoms with van der Waals surface area (Å²) >= 11 is 9.29. The van der Waals surface area contributed by atoms with E-state index >= 15 is 0 Å². The van der Waals surface area contributed by atoms with Crippen molar-refractivity contribution in [3.8, 4) is 0 Å². The van der Waals surface area contributed by atoms with E-state index in [0.29, 0.717) is 17.4 Å². The molecule has 0 aliphatic rings. The van der Waals surface area contributed by atoms with Crippen molar-refractivity contribution in [3.63, 3.8) is 0 Å². The van der Waals surface area contributed by atoms with Crippen LogP contribution in [-0.4, -0.2) is 33.8 Å². The van der Waals surface area contributed by atoms with Crippen LogP contribution in [0.1, 0.15) is 45.1 Å². The van der Waals surface area contributed by atoms with E-state index in [1.165, 1.54) is 0 Å². The zero-order valence-electron chi connectivity index (χ0n) is 13.3. The van der Waals surface area contributed by atoms with Crippen LogP contribution in [0, 0.1) is 5.92 Å². The highest BCUT2D eigenvalue weighted by molar-refractivity contribution is 9.10. The number of hydrogen-bond donors (Lipinski definition) is 1. The molecule has 2 atom stereocenters. The molecule has 0 fully saturated rings. The average Bonchev–Trinajstić information content (AvgIpc) is 2.64. The number of carbonyl (C=O) groups excluding carboxylic acids is 2. The minimum Gasteiger partial charge on any atom is -0.444 e. The van der Waals surface area contributed by atoms with Crippen molar-refractivity contribution >= 4 is 39.9 Å². The number of amides is 1. The summed E-state index contributed by atoms with van der Waals surface area (Å²) < 4.78 is 7.37. The molecule has 1 heterocycles. The van der Waals surface area contributed by atoms with Gasteiger partial charge in [-0.05, 0) is 49.5 Å². The summed E-state index contributed by atoms with van der Waals surface area (Å²) in [6.45, 7) is 9.77. The monoisotopic (exact) mass is 393 g/mol. The smallest absolute Gasteiger partial charge is 0.407 e. The van der Waals surface area contributed by atoms with Gasteiger partial charge in [-0.25, -0.2) is 4.79 Å². The Balaban J connectivity index is 2.67. The van der Waals surface area contributed by atoms with Crippen molar-refractivity contribution in [2.75, 3.05) is 0 Å². The third kappa shape index (κ3) is 5.28. The third-order valence-electron chi connectivity index (χ3n) is 3.03. The molecular weight excluding hydrogens is 374 g/mol. The standard InChI is InChI=1S/C14H21BrClN3O3/c1-8(9(2)17-13(21)22-14(3,4)5)6-19-12(15)11(16)10(7-20)18-19/h7-9H,6H2,1-5H3,(H,17,21)/t8?,9-/m1/s1. The first-order valence-corrected chi connectivity index (χ1v) is 8.08. The van der Waals surface area contributed by atoms with Crippen LogP contribution in [0.4, 0.5) is 4.79 Å². The molecule has 0 aliphatic carbocycles.